The van der Waals surface area contributed by atoms with E-state index in [1.165, 1.54) is 24.5 Å². The molecule has 0 radical (unpaired) electrons. The zero-order valence-electron chi connectivity index (χ0n) is 10.2. The third-order valence-corrected chi connectivity index (χ3v) is 2.36. The minimum absolute atomic E-state index is 0.109. The predicted molar refractivity (Wildman–Crippen MR) is 65.9 cm³/mol. The van der Waals surface area contributed by atoms with Crippen LogP contribution in [-0.2, 0) is 17.9 Å². The molecule has 20 heavy (non-hydrogen) atoms. The Hall–Kier alpha value is -2.97. The standard InChI is InChI=1S/C11H11N5O4/c17-9-2-1-7(3-12-9)11(20)13-4-8-5-16(15-14-8)6-10(18)19/h1-3,5H,4,6H2,(H,12,17)(H,13,20)(H,18,19). The fraction of sp³-hybridized carbons (Fsp3) is 0.182. The first-order chi connectivity index (χ1) is 9.54. The molecule has 0 unspecified atom stereocenters. The first-order valence-electron chi connectivity index (χ1n) is 5.62. The summed E-state index contributed by atoms with van der Waals surface area (Å²) < 4.78 is 1.16. The van der Waals surface area contributed by atoms with Gasteiger partial charge in [0, 0.05) is 12.3 Å². The molecule has 0 fully saturated rings. The number of carboxylic acids is 1. The number of carbonyl (C=O) groups excluding carboxylic acids is 1. The third kappa shape index (κ3) is 3.51. The van der Waals surface area contributed by atoms with Gasteiger partial charge in [-0.3, -0.25) is 14.4 Å². The molecule has 0 saturated carbocycles. The van der Waals surface area contributed by atoms with Crippen LogP contribution in [-0.4, -0.2) is 37.0 Å². The van der Waals surface area contributed by atoms with Gasteiger partial charge in [0.05, 0.1) is 18.3 Å². The van der Waals surface area contributed by atoms with E-state index in [1.54, 1.807) is 0 Å². The Balaban J connectivity index is 1.93. The molecule has 0 aromatic carbocycles. The molecule has 2 aromatic heterocycles. The van der Waals surface area contributed by atoms with Gasteiger partial charge < -0.3 is 15.4 Å². The number of pyridine rings is 1. The Bertz CT molecular complexity index is 670. The first kappa shape index (κ1) is 13.5. The lowest BCUT2D eigenvalue weighted by Gasteiger charge is -2.01. The molecule has 0 spiro atoms. The average molecular weight is 277 g/mol. The fourth-order valence-corrected chi connectivity index (χ4v) is 1.46. The van der Waals surface area contributed by atoms with Crippen molar-refractivity contribution in [2.24, 2.45) is 0 Å². The molecule has 0 aliphatic carbocycles. The Morgan fingerprint density at radius 1 is 1.40 bits per heavy atom. The van der Waals surface area contributed by atoms with E-state index in [0.717, 1.165) is 4.68 Å². The summed E-state index contributed by atoms with van der Waals surface area (Å²) in [6.45, 7) is -0.182. The topological polar surface area (TPSA) is 130 Å². The van der Waals surface area contributed by atoms with Crippen LogP contribution in [0.25, 0.3) is 0 Å². The van der Waals surface area contributed by atoms with Gasteiger partial charge in [-0.15, -0.1) is 5.10 Å². The van der Waals surface area contributed by atoms with Crippen LogP contribution in [0.1, 0.15) is 16.1 Å². The number of hydrogen-bond donors (Lipinski definition) is 3. The molecule has 9 nitrogen and oxygen atoms in total. The van der Waals surface area contributed by atoms with Crippen LogP contribution in [0.3, 0.4) is 0 Å². The molecule has 0 atom stereocenters. The van der Waals surface area contributed by atoms with Crippen LogP contribution in [0.15, 0.2) is 29.3 Å². The Morgan fingerprint density at radius 2 is 2.20 bits per heavy atom. The molecule has 104 valence electrons. The van der Waals surface area contributed by atoms with Crippen molar-refractivity contribution in [2.45, 2.75) is 13.1 Å². The highest BCUT2D eigenvalue weighted by Crippen LogP contribution is 1.96. The monoisotopic (exact) mass is 277 g/mol. The second-order valence-electron chi connectivity index (χ2n) is 3.93. The number of carbonyl (C=O) groups is 2. The molecular formula is C11H11N5O4. The molecule has 3 N–H and O–H groups in total. The Morgan fingerprint density at radius 3 is 2.85 bits per heavy atom. The highest BCUT2D eigenvalue weighted by Gasteiger charge is 2.08. The lowest BCUT2D eigenvalue weighted by molar-refractivity contribution is -0.137. The van der Waals surface area contributed by atoms with E-state index in [4.69, 9.17) is 5.11 Å². The van der Waals surface area contributed by atoms with Crippen molar-refractivity contribution in [3.63, 3.8) is 0 Å². The van der Waals surface area contributed by atoms with Crippen LogP contribution in [0.2, 0.25) is 0 Å². The molecule has 2 aromatic rings. The number of carboxylic acid groups (broad SMARTS) is 1. The van der Waals surface area contributed by atoms with Gasteiger partial charge >= 0.3 is 5.97 Å². The number of nitrogens with zero attached hydrogens (tertiary/aromatic N) is 3. The smallest absolute Gasteiger partial charge is 0.325 e. The van der Waals surface area contributed by atoms with Crippen LogP contribution in [0.5, 0.6) is 0 Å². The van der Waals surface area contributed by atoms with Crippen molar-refractivity contribution >= 4 is 11.9 Å². The summed E-state index contributed by atoms with van der Waals surface area (Å²) >= 11 is 0. The molecule has 0 saturated heterocycles. The largest absolute Gasteiger partial charge is 0.480 e. The summed E-state index contributed by atoms with van der Waals surface area (Å²) in [6.07, 6.45) is 2.74. The zero-order valence-corrected chi connectivity index (χ0v) is 10.2. The maximum Gasteiger partial charge on any atom is 0.325 e. The molecule has 2 rings (SSSR count). The quantitative estimate of drug-likeness (QED) is 0.641. The maximum absolute atomic E-state index is 11.7. The van der Waals surface area contributed by atoms with Gasteiger partial charge in [-0.2, -0.15) is 0 Å². The van der Waals surface area contributed by atoms with Crippen molar-refractivity contribution < 1.29 is 14.7 Å². The number of nitrogens with one attached hydrogen (secondary N) is 2. The Kier molecular flexibility index (Phi) is 3.89. The second-order valence-corrected chi connectivity index (χ2v) is 3.93. The molecule has 1 amide bonds. The van der Waals surface area contributed by atoms with E-state index in [9.17, 15) is 14.4 Å². The average Bonchev–Trinajstić information content (AvgIpc) is 2.83. The summed E-state index contributed by atoms with van der Waals surface area (Å²) in [7, 11) is 0. The van der Waals surface area contributed by atoms with Crippen LogP contribution >= 0.6 is 0 Å². The van der Waals surface area contributed by atoms with Crippen molar-refractivity contribution in [3.05, 3.63) is 46.1 Å². The number of aromatic nitrogens is 4. The molecule has 9 heteroatoms. The van der Waals surface area contributed by atoms with E-state index in [-0.39, 0.29) is 24.6 Å². The second kappa shape index (κ2) is 5.78. The minimum Gasteiger partial charge on any atom is -0.480 e. The highest BCUT2D eigenvalue weighted by atomic mass is 16.4. The van der Waals surface area contributed by atoms with Gasteiger partial charge in [-0.25, -0.2) is 4.68 Å². The number of aromatic amines is 1. The summed E-state index contributed by atoms with van der Waals surface area (Å²) in [4.78, 5) is 35.4. The molecule has 0 aliphatic rings. The van der Waals surface area contributed by atoms with Crippen molar-refractivity contribution in [1.82, 2.24) is 25.3 Å². The van der Waals surface area contributed by atoms with E-state index < -0.39 is 5.97 Å². The Labute approximate surface area is 112 Å². The van der Waals surface area contributed by atoms with Gasteiger partial charge in [-0.05, 0) is 6.07 Å². The molecule has 2 heterocycles. The summed E-state index contributed by atoms with van der Waals surface area (Å²) in [5.41, 5.74) is 0.449. The number of amides is 1. The SMILES string of the molecule is O=C(O)Cn1cc(CNC(=O)c2ccc(=O)[nH]c2)nn1. The van der Waals surface area contributed by atoms with Crippen LogP contribution < -0.4 is 10.9 Å². The summed E-state index contributed by atoms with van der Waals surface area (Å²) in [5, 5.41) is 18.5. The van der Waals surface area contributed by atoms with Crippen molar-refractivity contribution in [2.75, 3.05) is 0 Å². The van der Waals surface area contributed by atoms with Gasteiger partial charge in [0.25, 0.3) is 5.91 Å². The molecular weight excluding hydrogens is 266 g/mol. The van der Waals surface area contributed by atoms with E-state index in [0.29, 0.717) is 11.3 Å². The highest BCUT2D eigenvalue weighted by molar-refractivity contribution is 5.93. The zero-order chi connectivity index (χ0) is 14.5. The van der Waals surface area contributed by atoms with E-state index >= 15 is 0 Å². The first-order valence-corrected chi connectivity index (χ1v) is 5.62. The minimum atomic E-state index is -1.03. The summed E-state index contributed by atoms with van der Waals surface area (Å²) in [6, 6.07) is 2.65. The summed E-state index contributed by atoms with van der Waals surface area (Å²) in [5.74, 6) is -1.41. The molecule has 0 bridgehead atoms. The van der Waals surface area contributed by atoms with E-state index in [2.05, 4.69) is 20.6 Å². The fourth-order valence-electron chi connectivity index (χ4n) is 1.46. The lowest BCUT2D eigenvalue weighted by Crippen LogP contribution is -2.23. The third-order valence-electron chi connectivity index (χ3n) is 2.36. The van der Waals surface area contributed by atoms with Gasteiger partial charge in [0.15, 0.2) is 0 Å². The van der Waals surface area contributed by atoms with Crippen LogP contribution in [0.4, 0.5) is 0 Å². The van der Waals surface area contributed by atoms with Crippen molar-refractivity contribution in [3.8, 4) is 0 Å². The number of rotatable bonds is 5. The van der Waals surface area contributed by atoms with Gasteiger partial charge in [0.2, 0.25) is 5.56 Å². The van der Waals surface area contributed by atoms with Gasteiger partial charge in [0.1, 0.15) is 12.2 Å². The molecule has 0 aliphatic heterocycles. The lowest BCUT2D eigenvalue weighted by atomic mass is 10.2. The number of hydrogen-bond acceptors (Lipinski definition) is 5. The van der Waals surface area contributed by atoms with Gasteiger partial charge in [-0.1, -0.05) is 5.21 Å². The number of H-pyrrole nitrogens is 1. The maximum atomic E-state index is 11.7. The number of aliphatic carboxylic acids is 1. The van der Waals surface area contributed by atoms with E-state index in [1.807, 2.05) is 0 Å². The van der Waals surface area contributed by atoms with Crippen molar-refractivity contribution in [1.29, 1.82) is 0 Å². The predicted octanol–water partition coefficient (Wildman–Crippen LogP) is -1.02. The normalized spacial score (nSPS) is 10.2. The van der Waals surface area contributed by atoms with Crippen LogP contribution in [0, 0.1) is 0 Å².